The van der Waals surface area contributed by atoms with Crippen LogP contribution >= 0.6 is 0 Å². The lowest BCUT2D eigenvalue weighted by Gasteiger charge is -2.29. The summed E-state index contributed by atoms with van der Waals surface area (Å²) in [6.45, 7) is 4.91. The van der Waals surface area contributed by atoms with Gasteiger partial charge in [-0.25, -0.2) is 8.42 Å². The van der Waals surface area contributed by atoms with E-state index in [2.05, 4.69) is 0 Å². The lowest BCUT2D eigenvalue weighted by Crippen LogP contribution is -2.35. The van der Waals surface area contributed by atoms with Crippen molar-refractivity contribution in [2.75, 3.05) is 38.3 Å². The van der Waals surface area contributed by atoms with Gasteiger partial charge in [0.25, 0.3) is 5.91 Å². The number of aryl methyl sites for hydroxylation is 1. The van der Waals surface area contributed by atoms with Gasteiger partial charge in [0.2, 0.25) is 10.0 Å². The zero-order chi connectivity index (χ0) is 24.7. The van der Waals surface area contributed by atoms with Crippen LogP contribution in [0, 0.1) is 11.3 Å². The molecule has 180 valence electrons. The van der Waals surface area contributed by atoms with Crippen LogP contribution in [0.4, 0.5) is 5.69 Å². The summed E-state index contributed by atoms with van der Waals surface area (Å²) in [5.41, 5.74) is 2.33. The predicted octanol–water partition coefficient (Wildman–Crippen LogP) is 3.62. The van der Waals surface area contributed by atoms with Crippen molar-refractivity contribution < 1.29 is 22.7 Å². The molecule has 1 heterocycles. The Morgan fingerprint density at radius 1 is 1.18 bits per heavy atom. The van der Waals surface area contributed by atoms with Crippen LogP contribution in [0.5, 0.6) is 11.5 Å². The lowest BCUT2D eigenvalue weighted by molar-refractivity contribution is -0.114. The lowest BCUT2D eigenvalue weighted by atomic mass is 10.0. The topological polar surface area (TPSA) is 99.9 Å². The largest absolute Gasteiger partial charge is 0.493 e. The van der Waals surface area contributed by atoms with E-state index < -0.39 is 10.0 Å². The van der Waals surface area contributed by atoms with Crippen LogP contribution < -0.4 is 14.4 Å². The Morgan fingerprint density at radius 2 is 1.94 bits per heavy atom. The molecule has 3 rings (SSSR count). The van der Waals surface area contributed by atoms with Gasteiger partial charge >= 0.3 is 0 Å². The number of ether oxygens (including phenoxy) is 2. The molecule has 0 fully saturated rings. The molecule has 8 nitrogen and oxygen atoms in total. The minimum Gasteiger partial charge on any atom is -0.493 e. The molecular weight excluding hydrogens is 454 g/mol. The van der Waals surface area contributed by atoms with Crippen LogP contribution in [0.3, 0.4) is 0 Å². The SMILES string of the molecule is CCN(CC)S(=O)(=O)c1ccc2c(c1)CCCN2C(=O)/C=C/c1ccc(OCC#N)c(OC)c1. The standard InChI is InChI=1S/C25H29N3O5S/c1-4-27(5-2)34(30,31)21-10-11-22-20(18-21)7-6-15-28(22)25(29)13-9-19-8-12-23(33-16-14-26)24(17-19)32-3/h8-13,17-18H,4-7,15-16H2,1-3H3/b13-9+. The number of nitrogens with zero attached hydrogens (tertiary/aromatic N) is 3. The number of hydrogen-bond acceptors (Lipinski definition) is 6. The smallest absolute Gasteiger partial charge is 0.250 e. The van der Waals surface area contributed by atoms with Crippen LogP contribution in [0.2, 0.25) is 0 Å². The van der Waals surface area contributed by atoms with Crippen molar-refractivity contribution in [1.29, 1.82) is 5.26 Å². The molecule has 0 saturated heterocycles. The van der Waals surface area contributed by atoms with E-state index in [1.807, 2.05) is 19.9 Å². The number of anilines is 1. The number of carbonyl (C=O) groups excluding carboxylic acids is 1. The first-order valence-corrected chi connectivity index (χ1v) is 12.6. The van der Waals surface area contributed by atoms with Crippen molar-refractivity contribution in [2.24, 2.45) is 0 Å². The number of rotatable bonds is 9. The molecule has 0 bridgehead atoms. The van der Waals surface area contributed by atoms with E-state index in [0.29, 0.717) is 37.6 Å². The van der Waals surface area contributed by atoms with Crippen LogP contribution in [-0.2, 0) is 21.2 Å². The van der Waals surface area contributed by atoms with Gasteiger partial charge in [0.15, 0.2) is 18.1 Å². The minimum absolute atomic E-state index is 0.0870. The Bertz CT molecular complexity index is 1210. The molecular formula is C25H29N3O5S. The Kier molecular flexibility index (Phi) is 8.31. The highest BCUT2D eigenvalue weighted by molar-refractivity contribution is 7.89. The normalized spacial score (nSPS) is 13.6. The monoisotopic (exact) mass is 483 g/mol. The summed E-state index contributed by atoms with van der Waals surface area (Å²) < 4.78 is 37.8. The molecule has 2 aromatic rings. The molecule has 34 heavy (non-hydrogen) atoms. The zero-order valence-corrected chi connectivity index (χ0v) is 20.5. The second kappa shape index (κ2) is 11.2. The highest BCUT2D eigenvalue weighted by atomic mass is 32.2. The van der Waals surface area contributed by atoms with Gasteiger partial charge in [-0.05, 0) is 60.4 Å². The zero-order valence-electron chi connectivity index (χ0n) is 19.7. The van der Waals surface area contributed by atoms with E-state index in [-0.39, 0.29) is 17.4 Å². The number of amides is 1. The molecule has 0 aliphatic carbocycles. The van der Waals surface area contributed by atoms with Crippen molar-refractivity contribution in [2.45, 2.75) is 31.6 Å². The highest BCUT2D eigenvalue weighted by Crippen LogP contribution is 2.31. The molecule has 9 heteroatoms. The van der Waals surface area contributed by atoms with Gasteiger partial charge in [0.1, 0.15) is 6.07 Å². The van der Waals surface area contributed by atoms with Crippen LogP contribution in [0.25, 0.3) is 6.08 Å². The van der Waals surface area contributed by atoms with Crippen LogP contribution in [0.1, 0.15) is 31.4 Å². The van der Waals surface area contributed by atoms with E-state index in [4.69, 9.17) is 14.7 Å². The third kappa shape index (κ3) is 5.41. The van der Waals surface area contributed by atoms with E-state index >= 15 is 0 Å². The van der Waals surface area contributed by atoms with Gasteiger partial charge < -0.3 is 14.4 Å². The van der Waals surface area contributed by atoms with E-state index in [1.54, 1.807) is 47.4 Å². The van der Waals surface area contributed by atoms with E-state index in [0.717, 1.165) is 23.2 Å². The second-order valence-electron chi connectivity index (χ2n) is 7.66. The molecule has 0 aromatic heterocycles. The third-order valence-electron chi connectivity index (χ3n) is 5.68. The van der Waals surface area contributed by atoms with Gasteiger partial charge in [0.05, 0.1) is 12.0 Å². The summed E-state index contributed by atoms with van der Waals surface area (Å²) >= 11 is 0. The molecule has 1 aliphatic heterocycles. The summed E-state index contributed by atoms with van der Waals surface area (Å²) in [5.74, 6) is 0.729. The molecule has 0 spiro atoms. The average Bonchev–Trinajstić information content (AvgIpc) is 2.86. The maximum absolute atomic E-state index is 13.0. The quantitative estimate of drug-likeness (QED) is 0.505. The fourth-order valence-corrected chi connectivity index (χ4v) is 5.46. The van der Waals surface area contributed by atoms with Gasteiger partial charge in [-0.3, -0.25) is 4.79 Å². The van der Waals surface area contributed by atoms with Gasteiger partial charge in [-0.1, -0.05) is 19.9 Å². The van der Waals surface area contributed by atoms with Crippen molar-refractivity contribution in [3.8, 4) is 17.6 Å². The molecule has 0 saturated carbocycles. The second-order valence-corrected chi connectivity index (χ2v) is 9.60. The van der Waals surface area contributed by atoms with Gasteiger partial charge in [0, 0.05) is 31.4 Å². The summed E-state index contributed by atoms with van der Waals surface area (Å²) in [7, 11) is -2.05. The number of benzene rings is 2. The number of methoxy groups -OCH3 is 1. The van der Waals surface area contributed by atoms with Crippen molar-refractivity contribution in [1.82, 2.24) is 4.31 Å². The molecule has 1 amide bonds. The number of sulfonamides is 1. The average molecular weight is 484 g/mol. The van der Waals surface area contributed by atoms with Gasteiger partial charge in [-0.15, -0.1) is 0 Å². The maximum atomic E-state index is 13.0. The minimum atomic E-state index is -3.56. The number of carbonyl (C=O) groups is 1. The Hall–Kier alpha value is -3.35. The van der Waals surface area contributed by atoms with E-state index in [9.17, 15) is 13.2 Å². The summed E-state index contributed by atoms with van der Waals surface area (Å²) in [4.78, 5) is 14.9. The van der Waals surface area contributed by atoms with Crippen LogP contribution in [-0.4, -0.2) is 52.0 Å². The number of hydrogen-bond donors (Lipinski definition) is 0. The van der Waals surface area contributed by atoms with Crippen LogP contribution in [0.15, 0.2) is 47.4 Å². The molecule has 0 radical (unpaired) electrons. The Labute approximate surface area is 201 Å². The van der Waals surface area contributed by atoms with Crippen molar-refractivity contribution in [3.63, 3.8) is 0 Å². The summed E-state index contributed by atoms with van der Waals surface area (Å²) in [5, 5.41) is 8.69. The van der Waals surface area contributed by atoms with Crippen molar-refractivity contribution >= 4 is 27.7 Å². The first kappa shape index (κ1) is 25.3. The number of nitriles is 1. The number of fused-ring (bicyclic) bond motifs is 1. The highest BCUT2D eigenvalue weighted by Gasteiger charge is 2.26. The Balaban J connectivity index is 1.82. The molecule has 1 aliphatic rings. The Morgan fingerprint density at radius 3 is 2.62 bits per heavy atom. The predicted molar refractivity (Wildman–Crippen MR) is 130 cm³/mol. The summed E-state index contributed by atoms with van der Waals surface area (Å²) in [6, 6.07) is 12.1. The van der Waals surface area contributed by atoms with E-state index in [1.165, 1.54) is 17.5 Å². The van der Waals surface area contributed by atoms with Gasteiger partial charge in [-0.2, -0.15) is 9.57 Å². The molecule has 2 aromatic carbocycles. The fraction of sp³-hybridized carbons (Fsp3) is 0.360. The molecule has 0 N–H and O–H groups in total. The fourth-order valence-electron chi connectivity index (χ4n) is 3.95. The third-order valence-corrected chi connectivity index (χ3v) is 7.72. The first-order chi connectivity index (χ1) is 16.3. The maximum Gasteiger partial charge on any atom is 0.250 e. The van der Waals surface area contributed by atoms with Crippen molar-refractivity contribution in [3.05, 3.63) is 53.6 Å². The first-order valence-electron chi connectivity index (χ1n) is 11.2. The molecule has 0 atom stereocenters. The summed E-state index contributed by atoms with van der Waals surface area (Å²) in [6.07, 6.45) is 4.64. The molecule has 0 unspecified atom stereocenters.